The number of benzene rings is 2. The summed E-state index contributed by atoms with van der Waals surface area (Å²) in [5.41, 5.74) is 1.97. The van der Waals surface area contributed by atoms with E-state index in [2.05, 4.69) is 26.6 Å². The van der Waals surface area contributed by atoms with E-state index in [1.165, 1.54) is 25.0 Å². The molecule has 6 nitrogen and oxygen atoms in total. The molecule has 2 N–H and O–H groups in total. The van der Waals surface area contributed by atoms with Crippen molar-refractivity contribution >= 4 is 5.96 Å². The molecule has 0 bridgehead atoms. The minimum Gasteiger partial charge on any atom is -0.496 e. The number of nitriles is 1. The van der Waals surface area contributed by atoms with Crippen LogP contribution in [0.1, 0.15) is 42.5 Å². The molecule has 1 heterocycles. The molecule has 1 saturated heterocycles. The standard InChI is InChI=1S/C24H30FN5O/c1-3-27-24(28-16-19-14-18(15-26)10-11-21(19)25)29-17-22(30-12-6-7-13-30)20-8-4-5-9-23(20)31-2/h4-5,8-11,14,22H,3,6-7,12-13,16-17H2,1-2H3,(H2,27,28,29). The van der Waals surface area contributed by atoms with Crippen molar-refractivity contribution in [2.24, 2.45) is 4.99 Å². The van der Waals surface area contributed by atoms with E-state index >= 15 is 0 Å². The SMILES string of the molecule is CCNC(=NCc1cc(C#N)ccc1F)NCC(c1ccccc1OC)N1CCCC1. The van der Waals surface area contributed by atoms with Crippen molar-refractivity contribution < 1.29 is 9.13 Å². The van der Waals surface area contributed by atoms with Crippen LogP contribution in [0.5, 0.6) is 5.75 Å². The quantitative estimate of drug-likeness (QED) is 0.501. The predicted molar refractivity (Wildman–Crippen MR) is 120 cm³/mol. The highest BCUT2D eigenvalue weighted by Gasteiger charge is 2.26. The second kappa shape index (κ2) is 11.3. The Kier molecular flexibility index (Phi) is 8.25. The lowest BCUT2D eigenvalue weighted by atomic mass is 10.0. The van der Waals surface area contributed by atoms with Gasteiger partial charge in [-0.3, -0.25) is 4.90 Å². The highest BCUT2D eigenvalue weighted by molar-refractivity contribution is 5.79. The summed E-state index contributed by atoms with van der Waals surface area (Å²) >= 11 is 0. The van der Waals surface area contributed by atoms with Crippen molar-refractivity contribution in [1.29, 1.82) is 5.26 Å². The number of methoxy groups -OCH3 is 1. The summed E-state index contributed by atoms with van der Waals surface area (Å²) in [4.78, 5) is 7.01. The zero-order valence-electron chi connectivity index (χ0n) is 18.2. The molecule has 1 atom stereocenters. The molecule has 1 unspecified atom stereocenters. The summed E-state index contributed by atoms with van der Waals surface area (Å²) in [6.07, 6.45) is 2.38. The van der Waals surface area contributed by atoms with Gasteiger partial charge in [0.15, 0.2) is 5.96 Å². The number of hydrogen-bond donors (Lipinski definition) is 2. The van der Waals surface area contributed by atoms with Crippen molar-refractivity contribution in [2.75, 3.05) is 33.3 Å². The van der Waals surface area contributed by atoms with E-state index in [1.807, 2.05) is 31.2 Å². The lowest BCUT2D eigenvalue weighted by Gasteiger charge is -2.30. The van der Waals surface area contributed by atoms with Crippen LogP contribution in [0.15, 0.2) is 47.5 Å². The molecule has 31 heavy (non-hydrogen) atoms. The first-order valence-corrected chi connectivity index (χ1v) is 10.7. The molecular weight excluding hydrogens is 393 g/mol. The maximum absolute atomic E-state index is 14.1. The third-order valence-electron chi connectivity index (χ3n) is 5.47. The average molecular weight is 424 g/mol. The van der Waals surface area contributed by atoms with E-state index in [0.717, 1.165) is 24.4 Å². The molecule has 1 fully saturated rings. The summed E-state index contributed by atoms with van der Waals surface area (Å²) in [5.74, 6) is 1.13. The fourth-order valence-corrected chi connectivity index (χ4v) is 3.90. The Morgan fingerprint density at radius 2 is 2.00 bits per heavy atom. The van der Waals surface area contributed by atoms with Crippen molar-refractivity contribution in [2.45, 2.75) is 32.4 Å². The Morgan fingerprint density at radius 1 is 1.23 bits per heavy atom. The number of likely N-dealkylation sites (tertiary alicyclic amines) is 1. The van der Waals surface area contributed by atoms with E-state index in [9.17, 15) is 4.39 Å². The van der Waals surface area contributed by atoms with Crippen LogP contribution in [0.3, 0.4) is 0 Å². The van der Waals surface area contributed by atoms with Gasteiger partial charge in [-0.05, 0) is 57.1 Å². The molecule has 0 spiro atoms. The molecule has 7 heteroatoms. The van der Waals surface area contributed by atoms with E-state index in [4.69, 9.17) is 10.00 Å². The molecule has 0 aliphatic carbocycles. The van der Waals surface area contributed by atoms with Gasteiger partial charge in [-0.2, -0.15) is 5.26 Å². The number of halogens is 1. The maximum atomic E-state index is 14.1. The fourth-order valence-electron chi connectivity index (χ4n) is 3.90. The van der Waals surface area contributed by atoms with Crippen LogP contribution in [0.2, 0.25) is 0 Å². The molecule has 0 amide bonds. The van der Waals surface area contributed by atoms with Gasteiger partial charge in [-0.25, -0.2) is 9.38 Å². The Balaban J connectivity index is 1.77. The molecule has 0 radical (unpaired) electrons. The Hall–Kier alpha value is -3.11. The van der Waals surface area contributed by atoms with Crippen LogP contribution in [0, 0.1) is 17.1 Å². The third kappa shape index (κ3) is 5.96. The third-order valence-corrected chi connectivity index (χ3v) is 5.47. The summed E-state index contributed by atoms with van der Waals surface area (Å²) in [5, 5.41) is 15.7. The normalized spacial score (nSPS) is 15.4. The van der Waals surface area contributed by atoms with E-state index in [-0.39, 0.29) is 18.4 Å². The smallest absolute Gasteiger partial charge is 0.191 e. The van der Waals surface area contributed by atoms with Crippen molar-refractivity contribution in [1.82, 2.24) is 15.5 Å². The molecular formula is C24H30FN5O. The topological polar surface area (TPSA) is 72.7 Å². The summed E-state index contributed by atoms with van der Waals surface area (Å²) < 4.78 is 19.7. The second-order valence-electron chi connectivity index (χ2n) is 7.49. The number of ether oxygens (including phenoxy) is 1. The largest absolute Gasteiger partial charge is 0.496 e. The van der Waals surface area contributed by atoms with Gasteiger partial charge in [0.1, 0.15) is 11.6 Å². The Bertz CT molecular complexity index is 934. The fraction of sp³-hybridized carbons (Fsp3) is 0.417. The molecule has 1 aliphatic rings. The number of aliphatic imine (C=N–C) groups is 1. The number of nitrogens with zero attached hydrogens (tertiary/aromatic N) is 3. The first-order chi connectivity index (χ1) is 15.2. The van der Waals surface area contributed by atoms with E-state index in [1.54, 1.807) is 13.2 Å². The van der Waals surface area contributed by atoms with Gasteiger partial charge in [0, 0.05) is 24.2 Å². The lowest BCUT2D eigenvalue weighted by molar-refractivity contribution is 0.239. The second-order valence-corrected chi connectivity index (χ2v) is 7.49. The van der Waals surface area contributed by atoms with Crippen LogP contribution >= 0.6 is 0 Å². The van der Waals surface area contributed by atoms with Gasteiger partial charge in [0.2, 0.25) is 0 Å². The van der Waals surface area contributed by atoms with Crippen LogP contribution in [0.4, 0.5) is 4.39 Å². The number of guanidine groups is 1. The molecule has 0 aromatic heterocycles. The number of rotatable bonds is 8. The van der Waals surface area contributed by atoms with Gasteiger partial charge in [0.05, 0.1) is 31.3 Å². The average Bonchev–Trinajstić information content (AvgIpc) is 3.33. The summed E-state index contributed by atoms with van der Waals surface area (Å²) in [6.45, 7) is 5.57. The van der Waals surface area contributed by atoms with E-state index < -0.39 is 0 Å². The van der Waals surface area contributed by atoms with Gasteiger partial charge < -0.3 is 15.4 Å². The van der Waals surface area contributed by atoms with Crippen LogP contribution < -0.4 is 15.4 Å². The summed E-state index contributed by atoms with van der Waals surface area (Å²) in [6, 6.07) is 14.6. The first kappa shape index (κ1) is 22.6. The van der Waals surface area contributed by atoms with E-state index in [0.29, 0.717) is 30.2 Å². The Labute approximate surface area is 183 Å². The van der Waals surface area contributed by atoms with Gasteiger partial charge in [-0.1, -0.05) is 18.2 Å². The monoisotopic (exact) mass is 423 g/mol. The first-order valence-electron chi connectivity index (χ1n) is 10.7. The minimum absolute atomic E-state index is 0.140. The lowest BCUT2D eigenvalue weighted by Crippen LogP contribution is -2.42. The number of nitrogens with one attached hydrogen (secondary N) is 2. The predicted octanol–water partition coefficient (Wildman–Crippen LogP) is 3.60. The van der Waals surface area contributed by atoms with Crippen LogP contribution in [-0.4, -0.2) is 44.1 Å². The van der Waals surface area contributed by atoms with Crippen LogP contribution in [-0.2, 0) is 6.54 Å². The molecule has 164 valence electrons. The van der Waals surface area contributed by atoms with Crippen molar-refractivity contribution in [3.8, 4) is 11.8 Å². The van der Waals surface area contributed by atoms with Gasteiger partial charge >= 0.3 is 0 Å². The molecule has 3 rings (SSSR count). The van der Waals surface area contributed by atoms with Gasteiger partial charge in [0.25, 0.3) is 0 Å². The minimum atomic E-state index is -0.359. The van der Waals surface area contributed by atoms with Crippen molar-refractivity contribution in [3.05, 3.63) is 65.0 Å². The highest BCUT2D eigenvalue weighted by atomic mass is 19.1. The van der Waals surface area contributed by atoms with Gasteiger partial charge in [-0.15, -0.1) is 0 Å². The molecule has 0 saturated carbocycles. The number of hydrogen-bond acceptors (Lipinski definition) is 4. The van der Waals surface area contributed by atoms with Crippen molar-refractivity contribution in [3.63, 3.8) is 0 Å². The van der Waals surface area contributed by atoms with Crippen LogP contribution in [0.25, 0.3) is 0 Å². The zero-order chi connectivity index (χ0) is 22.1. The Morgan fingerprint density at radius 3 is 2.71 bits per heavy atom. The maximum Gasteiger partial charge on any atom is 0.191 e. The number of para-hydroxylation sites is 1. The molecule has 1 aliphatic heterocycles. The molecule has 2 aromatic rings. The zero-order valence-corrected chi connectivity index (χ0v) is 18.2. The molecule has 2 aromatic carbocycles. The summed E-state index contributed by atoms with van der Waals surface area (Å²) in [7, 11) is 1.70. The highest BCUT2D eigenvalue weighted by Crippen LogP contribution is 2.31.